The fraction of sp³-hybridized carbons (Fsp3) is 0.238. The largest absolute Gasteiger partial charge is 0.508 e. The monoisotopic (exact) mass is 367 g/mol. The molecular weight excluding hydrogens is 346 g/mol. The standard InChI is InChI=1S/C21H21NO5/c1-26-20(24)19-13-22(21(25)27-14-15-6-3-2-4-7-15)11-10-18(19)16-8-5-9-17(23)12-16/h2-9,12,23H,10-11,13-14H2,1H3. The lowest BCUT2D eigenvalue weighted by atomic mass is 9.93. The fourth-order valence-electron chi connectivity index (χ4n) is 3.05. The van der Waals surface area contributed by atoms with Crippen LogP contribution in [0, 0.1) is 0 Å². The summed E-state index contributed by atoms with van der Waals surface area (Å²) in [6.45, 7) is 0.692. The van der Waals surface area contributed by atoms with Crippen molar-refractivity contribution in [1.82, 2.24) is 4.90 Å². The Morgan fingerprint density at radius 3 is 2.59 bits per heavy atom. The summed E-state index contributed by atoms with van der Waals surface area (Å²) in [5.41, 5.74) is 2.80. The molecule has 1 amide bonds. The second-order valence-electron chi connectivity index (χ2n) is 6.21. The highest BCUT2D eigenvalue weighted by Gasteiger charge is 2.29. The molecule has 0 saturated heterocycles. The van der Waals surface area contributed by atoms with Gasteiger partial charge < -0.3 is 19.5 Å². The molecule has 27 heavy (non-hydrogen) atoms. The Labute approximate surface area is 157 Å². The maximum Gasteiger partial charge on any atom is 0.410 e. The van der Waals surface area contributed by atoms with Crippen molar-refractivity contribution >= 4 is 17.6 Å². The molecule has 1 aliphatic rings. The van der Waals surface area contributed by atoms with Gasteiger partial charge in [0.05, 0.1) is 19.2 Å². The molecule has 2 aromatic rings. The highest BCUT2D eigenvalue weighted by molar-refractivity contribution is 5.99. The number of benzene rings is 2. The van der Waals surface area contributed by atoms with Crippen molar-refractivity contribution in [2.75, 3.05) is 20.2 Å². The lowest BCUT2D eigenvalue weighted by molar-refractivity contribution is -0.136. The Balaban J connectivity index is 1.76. The molecular formula is C21H21NO5. The van der Waals surface area contributed by atoms with Crippen molar-refractivity contribution in [2.24, 2.45) is 0 Å². The molecule has 2 aromatic carbocycles. The zero-order chi connectivity index (χ0) is 19.2. The number of carbonyl (C=O) groups is 2. The van der Waals surface area contributed by atoms with Gasteiger partial charge in [-0.25, -0.2) is 9.59 Å². The maximum atomic E-state index is 12.4. The van der Waals surface area contributed by atoms with Crippen molar-refractivity contribution in [3.8, 4) is 5.75 Å². The third-order valence-electron chi connectivity index (χ3n) is 4.43. The minimum absolute atomic E-state index is 0.102. The molecule has 0 spiro atoms. The Bertz CT molecular complexity index is 860. The van der Waals surface area contributed by atoms with E-state index < -0.39 is 12.1 Å². The predicted octanol–water partition coefficient (Wildman–Crippen LogP) is 3.36. The zero-order valence-corrected chi connectivity index (χ0v) is 15.1. The van der Waals surface area contributed by atoms with E-state index in [1.165, 1.54) is 12.0 Å². The number of rotatable bonds is 4. The third kappa shape index (κ3) is 4.47. The number of ether oxygens (including phenoxy) is 2. The van der Waals surface area contributed by atoms with Crippen molar-refractivity contribution in [1.29, 1.82) is 0 Å². The average molecular weight is 367 g/mol. The third-order valence-corrected chi connectivity index (χ3v) is 4.43. The summed E-state index contributed by atoms with van der Waals surface area (Å²) >= 11 is 0. The molecule has 0 bridgehead atoms. The molecule has 6 nitrogen and oxygen atoms in total. The molecule has 0 aliphatic carbocycles. The summed E-state index contributed by atoms with van der Waals surface area (Å²) in [5, 5.41) is 9.72. The van der Waals surface area contributed by atoms with Crippen molar-refractivity contribution < 1.29 is 24.2 Å². The van der Waals surface area contributed by atoms with Gasteiger partial charge in [0.1, 0.15) is 12.4 Å². The minimum atomic E-state index is -0.492. The lowest BCUT2D eigenvalue weighted by Crippen LogP contribution is -2.39. The van der Waals surface area contributed by atoms with Gasteiger partial charge in [0.25, 0.3) is 0 Å². The van der Waals surface area contributed by atoms with Crippen LogP contribution in [0.3, 0.4) is 0 Å². The van der Waals surface area contributed by atoms with Crippen LogP contribution < -0.4 is 0 Å². The number of carbonyl (C=O) groups excluding carboxylic acids is 2. The molecule has 0 unspecified atom stereocenters. The van der Waals surface area contributed by atoms with E-state index in [9.17, 15) is 14.7 Å². The second kappa shape index (κ2) is 8.40. The molecule has 0 radical (unpaired) electrons. The van der Waals surface area contributed by atoms with Gasteiger partial charge >= 0.3 is 12.1 Å². The first kappa shape index (κ1) is 18.5. The zero-order valence-electron chi connectivity index (χ0n) is 15.1. The number of phenolic OH excluding ortho intramolecular Hbond substituents is 1. The highest BCUT2D eigenvalue weighted by Crippen LogP contribution is 2.30. The first-order chi connectivity index (χ1) is 13.1. The molecule has 0 saturated carbocycles. The maximum absolute atomic E-state index is 12.4. The Morgan fingerprint density at radius 1 is 1.11 bits per heavy atom. The number of nitrogens with zero attached hydrogens (tertiary/aromatic N) is 1. The number of esters is 1. The van der Waals surface area contributed by atoms with Gasteiger partial charge in [-0.2, -0.15) is 0 Å². The van der Waals surface area contributed by atoms with Crippen LogP contribution in [0.25, 0.3) is 5.57 Å². The number of phenols is 1. The van der Waals surface area contributed by atoms with Crippen LogP contribution in [0.2, 0.25) is 0 Å². The van der Waals surface area contributed by atoms with Gasteiger partial charge in [-0.05, 0) is 35.3 Å². The van der Waals surface area contributed by atoms with E-state index in [2.05, 4.69) is 0 Å². The van der Waals surface area contributed by atoms with Crippen LogP contribution >= 0.6 is 0 Å². The first-order valence-electron chi connectivity index (χ1n) is 8.64. The van der Waals surface area contributed by atoms with Gasteiger partial charge in [0, 0.05) is 6.54 Å². The van der Waals surface area contributed by atoms with Gasteiger partial charge in [-0.3, -0.25) is 0 Å². The summed E-state index contributed by atoms with van der Waals surface area (Å²) in [4.78, 5) is 26.2. The van der Waals surface area contributed by atoms with Gasteiger partial charge in [0.2, 0.25) is 0 Å². The van der Waals surface area contributed by atoms with E-state index in [1.54, 1.807) is 18.2 Å². The average Bonchev–Trinajstić information content (AvgIpc) is 2.71. The summed E-state index contributed by atoms with van der Waals surface area (Å²) < 4.78 is 10.3. The molecule has 0 atom stereocenters. The smallest absolute Gasteiger partial charge is 0.410 e. The summed E-state index contributed by atoms with van der Waals surface area (Å²) in [6.07, 6.45) is -0.0101. The minimum Gasteiger partial charge on any atom is -0.508 e. The van der Waals surface area contributed by atoms with Crippen LogP contribution in [-0.2, 0) is 20.9 Å². The Hall–Kier alpha value is -3.28. The van der Waals surface area contributed by atoms with Gasteiger partial charge in [0.15, 0.2) is 0 Å². The number of methoxy groups -OCH3 is 1. The van der Waals surface area contributed by atoms with Crippen molar-refractivity contribution in [2.45, 2.75) is 13.0 Å². The van der Waals surface area contributed by atoms with Gasteiger partial charge in [-0.1, -0.05) is 42.5 Å². The normalized spacial score (nSPS) is 14.0. The van der Waals surface area contributed by atoms with E-state index >= 15 is 0 Å². The highest BCUT2D eigenvalue weighted by atomic mass is 16.6. The Morgan fingerprint density at radius 2 is 1.89 bits per heavy atom. The van der Waals surface area contributed by atoms with E-state index in [1.807, 2.05) is 36.4 Å². The topological polar surface area (TPSA) is 76.1 Å². The summed E-state index contributed by atoms with van der Waals surface area (Å²) in [5.74, 6) is -0.372. The number of hydrogen-bond donors (Lipinski definition) is 1. The predicted molar refractivity (Wildman–Crippen MR) is 99.9 cm³/mol. The van der Waals surface area contributed by atoms with Crippen LogP contribution in [0.5, 0.6) is 5.75 Å². The molecule has 0 fully saturated rings. The number of amides is 1. The molecule has 6 heteroatoms. The van der Waals surface area contributed by atoms with Gasteiger partial charge in [-0.15, -0.1) is 0 Å². The molecule has 0 aromatic heterocycles. The second-order valence-corrected chi connectivity index (χ2v) is 6.21. The Kier molecular flexibility index (Phi) is 5.76. The van der Waals surface area contributed by atoms with Crippen LogP contribution in [0.4, 0.5) is 4.79 Å². The first-order valence-corrected chi connectivity index (χ1v) is 8.64. The van der Waals surface area contributed by atoms with Crippen molar-refractivity contribution in [3.05, 3.63) is 71.3 Å². The van der Waals surface area contributed by atoms with E-state index in [4.69, 9.17) is 9.47 Å². The van der Waals surface area contributed by atoms with E-state index in [0.717, 1.165) is 16.7 Å². The van der Waals surface area contributed by atoms with E-state index in [0.29, 0.717) is 18.5 Å². The SMILES string of the molecule is COC(=O)C1=C(c2cccc(O)c2)CCN(C(=O)OCc2ccccc2)C1. The number of hydrogen-bond acceptors (Lipinski definition) is 5. The fourth-order valence-corrected chi connectivity index (χ4v) is 3.05. The lowest BCUT2D eigenvalue weighted by Gasteiger charge is -2.29. The summed E-state index contributed by atoms with van der Waals surface area (Å²) in [7, 11) is 1.31. The quantitative estimate of drug-likeness (QED) is 0.839. The van der Waals surface area contributed by atoms with Crippen molar-refractivity contribution in [3.63, 3.8) is 0 Å². The van der Waals surface area contributed by atoms with Crippen LogP contribution in [0.1, 0.15) is 17.5 Å². The number of aromatic hydroxyl groups is 1. The molecule has 3 rings (SSSR count). The molecule has 1 heterocycles. The van der Waals surface area contributed by atoms with Crippen LogP contribution in [0.15, 0.2) is 60.2 Å². The molecule has 140 valence electrons. The summed E-state index contributed by atoms with van der Waals surface area (Å²) in [6, 6.07) is 16.1. The molecule has 1 N–H and O–H groups in total. The van der Waals surface area contributed by atoms with E-state index in [-0.39, 0.29) is 18.9 Å². The molecule has 1 aliphatic heterocycles. The van der Waals surface area contributed by atoms with Crippen LogP contribution in [-0.4, -0.2) is 42.3 Å².